The fourth-order valence-corrected chi connectivity index (χ4v) is 5.06. The molecule has 172 valence electrons. The third-order valence-electron chi connectivity index (χ3n) is 6.95. The zero-order valence-electron chi connectivity index (χ0n) is 19.0. The van der Waals surface area contributed by atoms with E-state index in [0.29, 0.717) is 39.0 Å². The second kappa shape index (κ2) is 9.32. The quantitative estimate of drug-likeness (QED) is 0.722. The average molecular weight is 447 g/mol. The van der Waals surface area contributed by atoms with Crippen LogP contribution in [-0.2, 0) is 4.74 Å². The van der Waals surface area contributed by atoms with Crippen LogP contribution in [0, 0.1) is 11.3 Å². The summed E-state index contributed by atoms with van der Waals surface area (Å²) in [5.41, 5.74) is 4.04. The number of carbonyl (C=O) groups is 1. The predicted molar refractivity (Wildman–Crippen MR) is 127 cm³/mol. The van der Waals surface area contributed by atoms with Gasteiger partial charge in [-0.25, -0.2) is 4.79 Å². The number of nitrogens with one attached hydrogen (secondary N) is 1. The number of rotatable bonds is 5. The molecule has 2 aromatic rings. The van der Waals surface area contributed by atoms with Crippen molar-refractivity contribution < 1.29 is 14.3 Å². The Morgan fingerprint density at radius 2 is 1.94 bits per heavy atom. The second-order valence-electron chi connectivity index (χ2n) is 8.85. The summed E-state index contributed by atoms with van der Waals surface area (Å²) in [6.45, 7) is 4.96. The van der Waals surface area contributed by atoms with Gasteiger partial charge in [-0.15, -0.1) is 0 Å². The molecule has 33 heavy (non-hydrogen) atoms. The number of carbonyl (C=O) groups excluding carboxylic acids is 1. The average Bonchev–Trinajstić information content (AvgIpc) is 3.12. The van der Waals surface area contributed by atoms with E-state index < -0.39 is 0 Å². The summed E-state index contributed by atoms with van der Waals surface area (Å²) < 4.78 is 11.1. The summed E-state index contributed by atoms with van der Waals surface area (Å²) in [6.07, 6.45) is 3.50. The maximum Gasteiger partial charge on any atom is 0.321 e. The number of morpholine rings is 1. The molecule has 2 fully saturated rings. The monoisotopic (exact) mass is 446 g/mol. The summed E-state index contributed by atoms with van der Waals surface area (Å²) in [6, 6.07) is 17.0. The van der Waals surface area contributed by atoms with Gasteiger partial charge in [-0.1, -0.05) is 18.2 Å². The van der Waals surface area contributed by atoms with E-state index in [0.717, 1.165) is 41.1 Å². The molecule has 0 bridgehead atoms. The van der Waals surface area contributed by atoms with Gasteiger partial charge >= 0.3 is 6.03 Å². The van der Waals surface area contributed by atoms with Crippen LogP contribution in [0.5, 0.6) is 5.75 Å². The van der Waals surface area contributed by atoms with E-state index in [1.165, 1.54) is 6.42 Å². The summed E-state index contributed by atoms with van der Waals surface area (Å²) in [5, 5.41) is 13.1. The molecule has 5 rings (SSSR count). The molecule has 7 nitrogen and oxygen atoms in total. The lowest BCUT2D eigenvalue weighted by Gasteiger charge is -2.41. The Bertz CT molecular complexity index is 1040. The summed E-state index contributed by atoms with van der Waals surface area (Å²) >= 11 is 0. The molecule has 7 heteroatoms. The van der Waals surface area contributed by atoms with Gasteiger partial charge in [0.15, 0.2) is 0 Å². The second-order valence-corrected chi connectivity index (χ2v) is 8.85. The van der Waals surface area contributed by atoms with Gasteiger partial charge in [-0.2, -0.15) is 5.26 Å². The molecule has 1 aliphatic carbocycles. The van der Waals surface area contributed by atoms with Crippen molar-refractivity contribution in [2.45, 2.75) is 44.2 Å². The van der Waals surface area contributed by atoms with Crippen molar-refractivity contribution in [2.75, 3.05) is 43.1 Å². The zero-order valence-corrected chi connectivity index (χ0v) is 19.0. The van der Waals surface area contributed by atoms with Gasteiger partial charge in [0.2, 0.25) is 0 Å². The van der Waals surface area contributed by atoms with Crippen molar-refractivity contribution in [3.05, 3.63) is 53.6 Å². The van der Waals surface area contributed by atoms with Crippen LogP contribution < -0.4 is 15.0 Å². The summed E-state index contributed by atoms with van der Waals surface area (Å²) in [7, 11) is 0. The fourth-order valence-electron chi connectivity index (χ4n) is 5.06. The van der Waals surface area contributed by atoms with Crippen LogP contribution in [0.1, 0.15) is 49.3 Å². The number of urea groups is 1. The topological polar surface area (TPSA) is 77.8 Å². The minimum atomic E-state index is -0.245. The minimum Gasteiger partial charge on any atom is -0.494 e. The zero-order chi connectivity index (χ0) is 22.8. The molecule has 2 unspecified atom stereocenters. The molecule has 2 amide bonds. The van der Waals surface area contributed by atoms with Gasteiger partial charge in [0.1, 0.15) is 5.75 Å². The minimum absolute atomic E-state index is 0.0452. The number of benzene rings is 2. The first-order chi connectivity index (χ1) is 16.2. The molecule has 0 aromatic heterocycles. The van der Waals surface area contributed by atoms with Crippen LogP contribution in [0.4, 0.5) is 16.2 Å². The Morgan fingerprint density at radius 3 is 2.58 bits per heavy atom. The molecular weight excluding hydrogens is 416 g/mol. The highest BCUT2D eigenvalue weighted by Crippen LogP contribution is 2.53. The van der Waals surface area contributed by atoms with E-state index in [4.69, 9.17) is 9.47 Å². The molecule has 2 aromatic carbocycles. The molecule has 2 heterocycles. The molecule has 0 spiro atoms. The Hall–Kier alpha value is -3.24. The fraction of sp³-hybridized carbons (Fsp3) is 0.462. The number of anilines is 2. The normalized spacial score (nSPS) is 22.3. The van der Waals surface area contributed by atoms with Crippen LogP contribution in [0.25, 0.3) is 0 Å². The number of nitrogens with zero attached hydrogens (tertiary/aromatic N) is 3. The SMILES string of the molecule is CCOc1ccc2c(c1)N(C1CCC1)C(c1ccc(NC(=O)N3CCOCC3)cc1)C2C#N. The molecular formula is C26H30N4O3. The lowest BCUT2D eigenvalue weighted by Crippen LogP contribution is -2.43. The van der Waals surface area contributed by atoms with Crippen LogP contribution in [0.15, 0.2) is 42.5 Å². The highest BCUT2D eigenvalue weighted by molar-refractivity contribution is 5.89. The largest absolute Gasteiger partial charge is 0.494 e. The highest BCUT2D eigenvalue weighted by atomic mass is 16.5. The third-order valence-corrected chi connectivity index (χ3v) is 6.95. The van der Waals surface area contributed by atoms with Gasteiger partial charge in [0, 0.05) is 36.6 Å². The Balaban J connectivity index is 1.40. The maximum atomic E-state index is 12.5. The Kier molecular flexibility index (Phi) is 6.10. The third kappa shape index (κ3) is 4.11. The predicted octanol–water partition coefficient (Wildman–Crippen LogP) is 4.67. The summed E-state index contributed by atoms with van der Waals surface area (Å²) in [5.74, 6) is 0.601. The lowest BCUT2D eigenvalue weighted by atomic mass is 9.87. The van der Waals surface area contributed by atoms with Gasteiger partial charge in [0.25, 0.3) is 0 Å². The number of ether oxygens (including phenoxy) is 2. The molecule has 2 aliphatic heterocycles. The Labute approximate surface area is 194 Å². The number of fused-ring (bicyclic) bond motifs is 1. The maximum absolute atomic E-state index is 12.5. The first-order valence-corrected chi connectivity index (χ1v) is 11.9. The van der Waals surface area contributed by atoms with E-state index >= 15 is 0 Å². The number of hydrogen-bond acceptors (Lipinski definition) is 5. The molecule has 2 atom stereocenters. The van der Waals surface area contributed by atoms with Crippen molar-refractivity contribution >= 4 is 17.4 Å². The van der Waals surface area contributed by atoms with Gasteiger partial charge in [-0.3, -0.25) is 0 Å². The van der Waals surface area contributed by atoms with Crippen molar-refractivity contribution in [3.63, 3.8) is 0 Å². The van der Waals surface area contributed by atoms with Crippen molar-refractivity contribution in [1.29, 1.82) is 5.26 Å². The van der Waals surface area contributed by atoms with Gasteiger partial charge in [-0.05, 0) is 55.5 Å². The highest BCUT2D eigenvalue weighted by Gasteiger charge is 2.44. The standard InChI is InChI=1S/C26H30N4O3/c1-2-33-21-10-11-22-23(17-27)25(30(24(22)16-21)20-4-3-5-20)18-6-8-19(9-7-18)28-26(31)29-12-14-32-15-13-29/h6-11,16,20,23,25H,2-5,12-15H2,1H3,(H,28,31). The first-order valence-electron chi connectivity index (χ1n) is 11.9. The first kappa shape index (κ1) is 21.6. The van der Waals surface area contributed by atoms with Crippen molar-refractivity contribution in [1.82, 2.24) is 4.90 Å². The molecule has 1 N–H and O–H groups in total. The molecule has 1 saturated carbocycles. The number of nitriles is 1. The van der Waals surface area contributed by atoms with E-state index in [-0.39, 0.29) is 18.0 Å². The molecule has 3 aliphatic rings. The van der Waals surface area contributed by atoms with E-state index in [1.54, 1.807) is 4.90 Å². The van der Waals surface area contributed by atoms with E-state index in [9.17, 15) is 10.1 Å². The molecule has 0 radical (unpaired) electrons. The Morgan fingerprint density at radius 1 is 1.18 bits per heavy atom. The number of amides is 2. The smallest absolute Gasteiger partial charge is 0.321 e. The van der Waals surface area contributed by atoms with E-state index in [1.807, 2.05) is 37.3 Å². The van der Waals surface area contributed by atoms with Crippen LogP contribution >= 0.6 is 0 Å². The summed E-state index contributed by atoms with van der Waals surface area (Å²) in [4.78, 5) is 16.7. The van der Waals surface area contributed by atoms with Crippen LogP contribution in [-0.4, -0.2) is 49.9 Å². The van der Waals surface area contributed by atoms with E-state index in [2.05, 4.69) is 28.4 Å². The van der Waals surface area contributed by atoms with Crippen LogP contribution in [0.2, 0.25) is 0 Å². The van der Waals surface area contributed by atoms with Crippen molar-refractivity contribution in [3.8, 4) is 11.8 Å². The van der Waals surface area contributed by atoms with Crippen LogP contribution in [0.3, 0.4) is 0 Å². The van der Waals surface area contributed by atoms with Gasteiger partial charge in [0.05, 0.1) is 37.8 Å². The lowest BCUT2D eigenvalue weighted by molar-refractivity contribution is 0.0564. The van der Waals surface area contributed by atoms with Gasteiger partial charge < -0.3 is 24.6 Å². The number of hydrogen-bond donors (Lipinski definition) is 1. The molecule has 1 saturated heterocycles. The van der Waals surface area contributed by atoms with Crippen molar-refractivity contribution in [2.24, 2.45) is 0 Å².